The van der Waals surface area contributed by atoms with Gasteiger partial charge in [-0.1, -0.05) is 12.1 Å². The molecule has 0 aromatic heterocycles. The van der Waals surface area contributed by atoms with E-state index in [4.69, 9.17) is 0 Å². The first kappa shape index (κ1) is 20.6. The van der Waals surface area contributed by atoms with Crippen molar-refractivity contribution in [3.63, 3.8) is 0 Å². The van der Waals surface area contributed by atoms with Gasteiger partial charge in [0.15, 0.2) is 0 Å². The normalized spacial score (nSPS) is 21.3. The van der Waals surface area contributed by atoms with Gasteiger partial charge in [-0.15, -0.1) is 12.4 Å². The van der Waals surface area contributed by atoms with Crippen LogP contribution in [0.25, 0.3) is 0 Å². The van der Waals surface area contributed by atoms with Crippen LogP contribution in [0.15, 0.2) is 24.3 Å². The van der Waals surface area contributed by atoms with Gasteiger partial charge < -0.3 is 15.1 Å². The highest BCUT2D eigenvalue weighted by atomic mass is 35.5. The number of hydrogen-bond acceptors (Lipinski definition) is 3. The third kappa shape index (κ3) is 4.18. The maximum atomic E-state index is 13.6. The number of piperidine rings is 1. The quantitative estimate of drug-likeness (QED) is 0.868. The number of nitrogens with one attached hydrogen (secondary N) is 1. The minimum Gasteiger partial charge on any atom is -0.340 e. The highest BCUT2D eigenvalue weighted by Gasteiger charge is 2.38. The van der Waals surface area contributed by atoms with Gasteiger partial charge in [-0.05, 0) is 44.4 Å². The van der Waals surface area contributed by atoms with Crippen LogP contribution in [0.1, 0.15) is 32.3 Å². The van der Waals surface area contributed by atoms with Crippen molar-refractivity contribution >= 4 is 24.2 Å². The molecule has 2 amide bonds. The van der Waals surface area contributed by atoms with E-state index in [0.717, 1.165) is 19.4 Å². The van der Waals surface area contributed by atoms with Crippen molar-refractivity contribution < 1.29 is 14.0 Å². The zero-order chi connectivity index (χ0) is 18.0. The molecule has 2 aliphatic rings. The van der Waals surface area contributed by atoms with Gasteiger partial charge in [-0.3, -0.25) is 9.59 Å². The molecule has 2 aliphatic heterocycles. The van der Waals surface area contributed by atoms with Crippen LogP contribution in [0.2, 0.25) is 0 Å². The molecule has 5 nitrogen and oxygen atoms in total. The number of carbonyl (C=O) groups is 2. The lowest BCUT2D eigenvalue weighted by Gasteiger charge is -2.43. The zero-order valence-corrected chi connectivity index (χ0v) is 16.2. The first-order valence-electron chi connectivity index (χ1n) is 8.95. The van der Waals surface area contributed by atoms with Gasteiger partial charge in [0.25, 0.3) is 0 Å². The fourth-order valence-electron chi connectivity index (χ4n) is 3.80. The van der Waals surface area contributed by atoms with Crippen LogP contribution >= 0.6 is 12.4 Å². The summed E-state index contributed by atoms with van der Waals surface area (Å²) in [7, 11) is 0. The molecule has 2 heterocycles. The molecule has 26 heavy (non-hydrogen) atoms. The number of likely N-dealkylation sites (tertiary alicyclic amines) is 1. The molecule has 1 aromatic carbocycles. The number of carbonyl (C=O) groups excluding carboxylic acids is 2. The molecule has 1 N–H and O–H groups in total. The minimum atomic E-state index is -0.794. The fraction of sp³-hybridized carbons (Fsp3) is 0.579. The number of benzene rings is 1. The van der Waals surface area contributed by atoms with E-state index in [9.17, 15) is 14.0 Å². The van der Waals surface area contributed by atoms with Gasteiger partial charge in [-0.25, -0.2) is 4.39 Å². The van der Waals surface area contributed by atoms with Gasteiger partial charge >= 0.3 is 0 Å². The predicted molar refractivity (Wildman–Crippen MR) is 101 cm³/mol. The topological polar surface area (TPSA) is 52.7 Å². The van der Waals surface area contributed by atoms with Crippen molar-refractivity contribution in [2.75, 3.05) is 32.7 Å². The number of halogens is 2. The summed E-state index contributed by atoms with van der Waals surface area (Å²) in [6.07, 6.45) is 1.81. The second kappa shape index (κ2) is 8.35. The third-order valence-electron chi connectivity index (χ3n) is 5.33. The Labute approximate surface area is 160 Å². The number of rotatable bonds is 3. The Morgan fingerprint density at radius 3 is 2.77 bits per heavy atom. The van der Waals surface area contributed by atoms with E-state index in [1.165, 1.54) is 12.1 Å². The van der Waals surface area contributed by atoms with Gasteiger partial charge in [0.1, 0.15) is 5.82 Å². The smallest absolute Gasteiger partial charge is 0.236 e. The average molecular weight is 384 g/mol. The molecule has 1 atom stereocenters. The highest BCUT2D eigenvalue weighted by molar-refractivity contribution is 5.87. The summed E-state index contributed by atoms with van der Waals surface area (Å²) in [4.78, 5) is 29.0. The van der Waals surface area contributed by atoms with Crippen molar-refractivity contribution in [1.82, 2.24) is 15.1 Å². The van der Waals surface area contributed by atoms with Gasteiger partial charge in [0.05, 0.1) is 12.0 Å². The summed E-state index contributed by atoms with van der Waals surface area (Å²) in [5.74, 6) is -0.235. The number of piperazine rings is 1. The van der Waals surface area contributed by atoms with Crippen molar-refractivity contribution in [1.29, 1.82) is 0 Å². The number of nitrogens with zero attached hydrogens (tertiary/aromatic N) is 2. The molecule has 7 heteroatoms. The first-order valence-corrected chi connectivity index (χ1v) is 8.95. The third-order valence-corrected chi connectivity index (χ3v) is 5.33. The molecule has 3 rings (SSSR count). The van der Waals surface area contributed by atoms with E-state index in [0.29, 0.717) is 31.7 Å². The Morgan fingerprint density at radius 2 is 2.08 bits per heavy atom. The molecule has 0 radical (unpaired) electrons. The average Bonchev–Trinajstić information content (AvgIpc) is 2.61. The largest absolute Gasteiger partial charge is 0.340 e. The molecule has 0 saturated carbocycles. The van der Waals surface area contributed by atoms with E-state index >= 15 is 0 Å². The van der Waals surface area contributed by atoms with E-state index in [1.807, 2.05) is 23.6 Å². The summed E-state index contributed by atoms with van der Waals surface area (Å²) >= 11 is 0. The Bertz CT molecular complexity index is 668. The molecule has 0 bridgehead atoms. The SMILES string of the molecule is CC(C)(C(=O)N1CCCC(N2CCNCC2=O)C1)c1cccc(F)c1.Cl. The Balaban J connectivity index is 0.00000243. The summed E-state index contributed by atoms with van der Waals surface area (Å²) in [6, 6.07) is 6.33. The summed E-state index contributed by atoms with van der Waals surface area (Å²) in [5, 5.41) is 3.08. The number of hydrogen-bond donors (Lipinski definition) is 1. The maximum absolute atomic E-state index is 13.6. The maximum Gasteiger partial charge on any atom is 0.236 e. The van der Waals surface area contributed by atoms with Crippen molar-refractivity contribution in [3.05, 3.63) is 35.6 Å². The van der Waals surface area contributed by atoms with Crippen molar-refractivity contribution in [2.24, 2.45) is 0 Å². The number of amides is 2. The molecule has 144 valence electrons. The standard InChI is InChI=1S/C19H26FN3O2.ClH/c1-19(2,14-5-3-6-15(20)11-14)18(25)22-9-4-7-16(13-22)23-10-8-21-12-17(23)24;/h3,5-6,11,16,21H,4,7-10,12-13H2,1-2H3;1H. The first-order chi connectivity index (χ1) is 11.9. The lowest BCUT2D eigenvalue weighted by atomic mass is 9.82. The minimum absolute atomic E-state index is 0. The Hall–Kier alpha value is -1.66. The highest BCUT2D eigenvalue weighted by Crippen LogP contribution is 2.28. The van der Waals surface area contributed by atoms with E-state index in [2.05, 4.69) is 5.32 Å². The van der Waals surface area contributed by atoms with Crippen molar-refractivity contribution in [2.45, 2.75) is 38.1 Å². The van der Waals surface area contributed by atoms with Crippen LogP contribution in [0.5, 0.6) is 0 Å². The predicted octanol–water partition coefficient (Wildman–Crippen LogP) is 1.95. The Morgan fingerprint density at radius 1 is 1.31 bits per heavy atom. The molecule has 2 saturated heterocycles. The monoisotopic (exact) mass is 383 g/mol. The molecule has 0 spiro atoms. The van der Waals surface area contributed by atoms with Crippen LogP contribution in [0.4, 0.5) is 4.39 Å². The van der Waals surface area contributed by atoms with Gasteiger partial charge in [0.2, 0.25) is 11.8 Å². The molecule has 1 aromatic rings. The molecular formula is C19H27ClFN3O2. The molecular weight excluding hydrogens is 357 g/mol. The zero-order valence-electron chi connectivity index (χ0n) is 15.3. The summed E-state index contributed by atoms with van der Waals surface area (Å²) in [6.45, 7) is 6.79. The van der Waals surface area contributed by atoms with E-state index in [1.54, 1.807) is 12.1 Å². The van der Waals surface area contributed by atoms with Crippen LogP contribution in [0.3, 0.4) is 0 Å². The summed E-state index contributed by atoms with van der Waals surface area (Å²) < 4.78 is 13.6. The lowest BCUT2D eigenvalue weighted by Crippen LogP contribution is -2.58. The fourth-order valence-corrected chi connectivity index (χ4v) is 3.80. The van der Waals surface area contributed by atoms with E-state index in [-0.39, 0.29) is 36.1 Å². The second-order valence-corrected chi connectivity index (χ2v) is 7.45. The molecule has 0 aliphatic carbocycles. The van der Waals surface area contributed by atoms with Crippen LogP contribution in [-0.4, -0.2) is 60.4 Å². The lowest BCUT2D eigenvalue weighted by molar-refractivity contribution is -0.143. The summed E-state index contributed by atoms with van der Waals surface area (Å²) in [5.41, 5.74) is -0.116. The molecule has 1 unspecified atom stereocenters. The van der Waals surface area contributed by atoms with E-state index < -0.39 is 5.41 Å². The molecule has 2 fully saturated rings. The van der Waals surface area contributed by atoms with Crippen molar-refractivity contribution in [3.8, 4) is 0 Å². The van der Waals surface area contributed by atoms with Crippen LogP contribution < -0.4 is 5.32 Å². The Kier molecular flexibility index (Phi) is 6.64. The van der Waals surface area contributed by atoms with Gasteiger partial charge in [-0.2, -0.15) is 0 Å². The van der Waals surface area contributed by atoms with Gasteiger partial charge in [0, 0.05) is 32.2 Å². The second-order valence-electron chi connectivity index (χ2n) is 7.45. The van der Waals surface area contributed by atoms with Crippen LogP contribution in [-0.2, 0) is 15.0 Å². The van der Waals surface area contributed by atoms with Crippen LogP contribution in [0, 0.1) is 5.82 Å².